The van der Waals surface area contributed by atoms with Crippen molar-refractivity contribution in [2.24, 2.45) is 4.99 Å². The molecule has 0 spiro atoms. The number of hydrogen-bond acceptors (Lipinski definition) is 5. The number of benzene rings is 1. The number of nitrogens with zero attached hydrogens (tertiary/aromatic N) is 1. The molecule has 1 amide bonds. The lowest BCUT2D eigenvalue weighted by atomic mass is 10.1. The molecular formula is C22H30N4O4. The second kappa shape index (κ2) is 11.1. The lowest BCUT2D eigenvalue weighted by molar-refractivity contribution is 0.0926. The number of nitrogens with one attached hydrogen (secondary N) is 3. The van der Waals surface area contributed by atoms with Crippen LogP contribution in [0.3, 0.4) is 0 Å². The summed E-state index contributed by atoms with van der Waals surface area (Å²) in [7, 11) is 3.36. The van der Waals surface area contributed by atoms with Crippen molar-refractivity contribution in [3.8, 4) is 11.5 Å². The van der Waals surface area contributed by atoms with E-state index in [0.717, 1.165) is 29.9 Å². The number of ether oxygens (including phenoxy) is 2. The van der Waals surface area contributed by atoms with Crippen LogP contribution in [0.1, 0.15) is 41.8 Å². The molecule has 3 N–H and O–H groups in total. The van der Waals surface area contributed by atoms with Crippen LogP contribution in [-0.4, -0.2) is 45.2 Å². The highest BCUT2D eigenvalue weighted by atomic mass is 16.5. The van der Waals surface area contributed by atoms with Gasteiger partial charge in [0.05, 0.1) is 19.5 Å². The molecule has 2 aromatic rings. The molecular weight excluding hydrogens is 384 g/mol. The van der Waals surface area contributed by atoms with E-state index in [1.54, 1.807) is 26.3 Å². The average Bonchev–Trinajstić information content (AvgIpc) is 3.48. The number of furan rings is 1. The van der Waals surface area contributed by atoms with Crippen LogP contribution in [0.5, 0.6) is 11.5 Å². The SMILES string of the molecule is CN=C(NCCNC(=O)c1ccco1)NCc1cccc(OC)c1OC1CCCC1. The van der Waals surface area contributed by atoms with Gasteiger partial charge in [0.25, 0.3) is 5.91 Å². The highest BCUT2D eigenvalue weighted by Gasteiger charge is 2.20. The van der Waals surface area contributed by atoms with Gasteiger partial charge < -0.3 is 29.8 Å². The van der Waals surface area contributed by atoms with Gasteiger partial charge in [-0.1, -0.05) is 12.1 Å². The molecule has 0 saturated heterocycles. The molecule has 162 valence electrons. The lowest BCUT2D eigenvalue weighted by Gasteiger charge is -2.20. The van der Waals surface area contributed by atoms with Crippen molar-refractivity contribution < 1.29 is 18.7 Å². The average molecular weight is 415 g/mol. The molecule has 1 heterocycles. The summed E-state index contributed by atoms with van der Waals surface area (Å²) in [5, 5.41) is 9.26. The monoisotopic (exact) mass is 414 g/mol. The Morgan fingerprint density at radius 2 is 1.93 bits per heavy atom. The van der Waals surface area contributed by atoms with Crippen LogP contribution < -0.4 is 25.4 Å². The van der Waals surface area contributed by atoms with Crippen LogP contribution in [0.15, 0.2) is 46.0 Å². The number of carbonyl (C=O) groups excluding carboxylic acids is 1. The molecule has 0 aliphatic heterocycles. The highest BCUT2D eigenvalue weighted by Crippen LogP contribution is 2.34. The molecule has 1 aromatic heterocycles. The highest BCUT2D eigenvalue weighted by molar-refractivity contribution is 5.91. The van der Waals surface area contributed by atoms with E-state index in [0.29, 0.717) is 31.4 Å². The van der Waals surface area contributed by atoms with E-state index in [4.69, 9.17) is 13.9 Å². The zero-order valence-corrected chi connectivity index (χ0v) is 17.6. The van der Waals surface area contributed by atoms with Crippen molar-refractivity contribution in [2.75, 3.05) is 27.2 Å². The molecule has 8 heteroatoms. The van der Waals surface area contributed by atoms with Gasteiger partial charge in [0.15, 0.2) is 23.2 Å². The zero-order valence-electron chi connectivity index (χ0n) is 17.6. The number of hydrogen-bond donors (Lipinski definition) is 3. The van der Waals surface area contributed by atoms with Crippen LogP contribution in [0.25, 0.3) is 0 Å². The van der Waals surface area contributed by atoms with Crippen molar-refractivity contribution in [1.82, 2.24) is 16.0 Å². The van der Waals surface area contributed by atoms with E-state index >= 15 is 0 Å². The summed E-state index contributed by atoms with van der Waals surface area (Å²) >= 11 is 0. The van der Waals surface area contributed by atoms with Gasteiger partial charge in [-0.2, -0.15) is 0 Å². The fraction of sp³-hybridized carbons (Fsp3) is 0.455. The molecule has 1 saturated carbocycles. The Kier molecular flexibility index (Phi) is 8.00. The third-order valence-corrected chi connectivity index (χ3v) is 4.98. The van der Waals surface area contributed by atoms with Crippen LogP contribution in [0, 0.1) is 0 Å². The second-order valence-corrected chi connectivity index (χ2v) is 7.06. The normalized spacial score (nSPS) is 14.4. The smallest absolute Gasteiger partial charge is 0.287 e. The number of para-hydroxylation sites is 1. The van der Waals surface area contributed by atoms with Gasteiger partial charge in [0, 0.05) is 32.2 Å². The van der Waals surface area contributed by atoms with E-state index in [1.165, 1.54) is 19.1 Å². The minimum absolute atomic E-state index is 0.241. The Morgan fingerprint density at radius 3 is 2.63 bits per heavy atom. The van der Waals surface area contributed by atoms with Gasteiger partial charge in [0.1, 0.15) is 0 Å². The first-order chi connectivity index (χ1) is 14.7. The third-order valence-electron chi connectivity index (χ3n) is 4.98. The zero-order chi connectivity index (χ0) is 21.2. The number of amides is 1. The summed E-state index contributed by atoms with van der Waals surface area (Å²) in [6.45, 7) is 1.50. The summed E-state index contributed by atoms with van der Waals surface area (Å²) in [6.07, 6.45) is 6.30. The largest absolute Gasteiger partial charge is 0.493 e. The molecule has 0 radical (unpaired) electrons. The first-order valence-electron chi connectivity index (χ1n) is 10.3. The van der Waals surface area contributed by atoms with Crippen LogP contribution >= 0.6 is 0 Å². The minimum Gasteiger partial charge on any atom is -0.493 e. The number of methoxy groups -OCH3 is 1. The molecule has 0 bridgehead atoms. The maximum atomic E-state index is 11.9. The van der Waals surface area contributed by atoms with Gasteiger partial charge in [-0.05, 0) is 43.9 Å². The second-order valence-electron chi connectivity index (χ2n) is 7.06. The van der Waals surface area contributed by atoms with Crippen LogP contribution in [0.4, 0.5) is 0 Å². The first kappa shape index (κ1) is 21.5. The number of rotatable bonds is 9. The third kappa shape index (κ3) is 5.92. The predicted octanol–water partition coefficient (Wildman–Crippen LogP) is 2.70. The summed E-state index contributed by atoms with van der Waals surface area (Å²) in [6, 6.07) is 9.21. The molecule has 0 atom stereocenters. The molecule has 30 heavy (non-hydrogen) atoms. The van der Waals surface area contributed by atoms with E-state index in [9.17, 15) is 4.79 Å². The molecule has 8 nitrogen and oxygen atoms in total. The Balaban J connectivity index is 1.49. The molecule has 1 fully saturated rings. The van der Waals surface area contributed by atoms with Crippen molar-refractivity contribution in [3.63, 3.8) is 0 Å². The fourth-order valence-electron chi connectivity index (χ4n) is 3.42. The Morgan fingerprint density at radius 1 is 1.13 bits per heavy atom. The van der Waals surface area contributed by atoms with Gasteiger partial charge in [0.2, 0.25) is 0 Å². The van der Waals surface area contributed by atoms with Crippen LogP contribution in [-0.2, 0) is 6.54 Å². The Labute approximate surface area is 177 Å². The van der Waals surface area contributed by atoms with Gasteiger partial charge in [-0.15, -0.1) is 0 Å². The quantitative estimate of drug-likeness (QED) is 0.332. The molecule has 1 aliphatic carbocycles. The molecule has 0 unspecified atom stereocenters. The number of carbonyl (C=O) groups is 1. The van der Waals surface area contributed by atoms with Crippen molar-refractivity contribution in [3.05, 3.63) is 47.9 Å². The van der Waals surface area contributed by atoms with E-state index in [-0.39, 0.29) is 12.0 Å². The first-order valence-corrected chi connectivity index (χ1v) is 10.3. The van der Waals surface area contributed by atoms with Crippen molar-refractivity contribution >= 4 is 11.9 Å². The maximum absolute atomic E-state index is 11.9. The van der Waals surface area contributed by atoms with Gasteiger partial charge in [-0.3, -0.25) is 9.79 Å². The summed E-state index contributed by atoms with van der Waals surface area (Å²) < 4.78 is 16.9. The Hall–Kier alpha value is -3.16. The van der Waals surface area contributed by atoms with Gasteiger partial charge in [-0.25, -0.2) is 0 Å². The predicted molar refractivity (Wildman–Crippen MR) is 115 cm³/mol. The summed E-state index contributed by atoms with van der Waals surface area (Å²) in [5.41, 5.74) is 1.01. The van der Waals surface area contributed by atoms with E-state index in [2.05, 4.69) is 20.9 Å². The lowest BCUT2D eigenvalue weighted by Crippen LogP contribution is -2.41. The van der Waals surface area contributed by atoms with E-state index in [1.807, 2.05) is 18.2 Å². The molecule has 1 aliphatic rings. The Bertz CT molecular complexity index is 830. The van der Waals surface area contributed by atoms with Gasteiger partial charge >= 0.3 is 0 Å². The minimum atomic E-state index is -0.241. The fourth-order valence-corrected chi connectivity index (χ4v) is 3.42. The standard InChI is InChI=1S/C22H30N4O4/c1-23-22(25-13-12-24-21(27)19-11-6-14-29-19)26-15-16-7-5-10-18(28-2)20(16)30-17-8-3-4-9-17/h5-7,10-11,14,17H,3-4,8-9,12-13,15H2,1-2H3,(H,24,27)(H2,23,25,26). The van der Waals surface area contributed by atoms with Crippen LogP contribution in [0.2, 0.25) is 0 Å². The topological polar surface area (TPSA) is 97.1 Å². The van der Waals surface area contributed by atoms with E-state index < -0.39 is 0 Å². The molecule has 1 aromatic carbocycles. The summed E-state index contributed by atoms with van der Waals surface area (Å²) in [4.78, 5) is 16.1. The maximum Gasteiger partial charge on any atom is 0.287 e. The summed E-state index contributed by atoms with van der Waals surface area (Å²) in [5.74, 6) is 2.22. The number of aliphatic imine (C=N–C) groups is 1. The van der Waals surface area contributed by atoms with Crippen molar-refractivity contribution in [2.45, 2.75) is 38.3 Å². The molecule has 3 rings (SSSR count). The number of guanidine groups is 1. The van der Waals surface area contributed by atoms with Crippen molar-refractivity contribution in [1.29, 1.82) is 0 Å².